The van der Waals surface area contributed by atoms with E-state index in [2.05, 4.69) is 0 Å². The molecule has 42 heavy (non-hydrogen) atoms. The summed E-state index contributed by atoms with van der Waals surface area (Å²) in [4.78, 5) is 38.1. The number of ether oxygens (including phenoxy) is 8. The van der Waals surface area contributed by atoms with E-state index in [-0.39, 0.29) is 41.8 Å². The van der Waals surface area contributed by atoms with Crippen molar-refractivity contribution in [2.24, 2.45) is 0 Å². The molecule has 11 nitrogen and oxygen atoms in total. The molecule has 218 valence electrons. The predicted molar refractivity (Wildman–Crippen MR) is 148 cm³/mol. The van der Waals surface area contributed by atoms with E-state index in [0.29, 0.717) is 45.3 Å². The van der Waals surface area contributed by atoms with Crippen LogP contribution in [0.15, 0.2) is 48.2 Å². The van der Waals surface area contributed by atoms with E-state index in [1.54, 1.807) is 48.5 Å². The second-order valence-electron chi connectivity index (χ2n) is 9.19. The minimum absolute atomic E-state index is 0.0346. The van der Waals surface area contributed by atoms with Gasteiger partial charge in [-0.1, -0.05) is 12.1 Å². The Morgan fingerprint density at radius 2 is 1.60 bits per heavy atom. The van der Waals surface area contributed by atoms with Crippen LogP contribution in [0.3, 0.4) is 0 Å². The van der Waals surface area contributed by atoms with Crippen LogP contribution in [0.1, 0.15) is 39.4 Å². The molecule has 2 aliphatic rings. The number of esters is 2. The summed E-state index contributed by atoms with van der Waals surface area (Å²) in [6.07, 6.45) is 1.47. The molecule has 0 saturated carbocycles. The normalized spacial score (nSPS) is 16.1. The maximum absolute atomic E-state index is 13.6. The number of hydrogen-bond donors (Lipinski definition) is 0. The van der Waals surface area contributed by atoms with Crippen LogP contribution in [-0.2, 0) is 14.3 Å². The molecule has 0 amide bonds. The first-order chi connectivity index (χ1) is 20.3. The third-order valence-corrected chi connectivity index (χ3v) is 6.97. The van der Waals surface area contributed by atoms with Gasteiger partial charge in [-0.2, -0.15) is 0 Å². The number of carbonyl (C=O) groups excluding carboxylic acids is 3. The topological polar surface area (TPSA) is 125 Å². The van der Waals surface area contributed by atoms with Crippen molar-refractivity contribution in [2.45, 2.75) is 12.3 Å². The highest BCUT2D eigenvalue weighted by Gasteiger charge is 2.40. The molecule has 5 rings (SSSR count). The molecule has 0 radical (unpaired) electrons. The molecule has 1 atom stereocenters. The molecule has 3 aromatic rings. The fourth-order valence-corrected chi connectivity index (χ4v) is 5.06. The number of benzene rings is 3. The van der Waals surface area contributed by atoms with Crippen LogP contribution in [0.2, 0.25) is 0 Å². The minimum Gasteiger partial charge on any atom is -0.493 e. The minimum atomic E-state index is -0.651. The van der Waals surface area contributed by atoms with Crippen LogP contribution < -0.4 is 33.2 Å². The maximum atomic E-state index is 13.6. The Morgan fingerprint density at radius 1 is 0.857 bits per heavy atom. The van der Waals surface area contributed by atoms with Crippen LogP contribution in [-0.4, -0.2) is 59.9 Å². The first-order valence-electron chi connectivity index (χ1n) is 12.8. The highest BCUT2D eigenvalue weighted by molar-refractivity contribution is 6.15. The molecule has 0 spiro atoms. The molecule has 11 heteroatoms. The lowest BCUT2D eigenvalue weighted by Gasteiger charge is -2.28. The zero-order chi connectivity index (χ0) is 30.0. The number of fused-ring (bicyclic) bond motifs is 3. The second kappa shape index (κ2) is 11.7. The molecule has 0 unspecified atom stereocenters. The number of methoxy groups -OCH3 is 5. The fourth-order valence-electron chi connectivity index (χ4n) is 5.06. The lowest BCUT2D eigenvalue weighted by atomic mass is 9.84. The Labute approximate surface area is 241 Å². The summed E-state index contributed by atoms with van der Waals surface area (Å²) < 4.78 is 44.2. The van der Waals surface area contributed by atoms with E-state index >= 15 is 0 Å². The summed E-state index contributed by atoms with van der Waals surface area (Å²) >= 11 is 0. The SMILES string of the molecule is COC(=O)COc1c(OC)cccc1[C@H]1CC(=O)Oc2ccc3c(c21)O/C(=C\c1ccc(OC)c(OC)c1OC)C3=O. The molecule has 2 aliphatic heterocycles. The Morgan fingerprint density at radius 3 is 2.29 bits per heavy atom. The van der Waals surface area contributed by atoms with Crippen molar-refractivity contribution in [3.05, 3.63) is 70.5 Å². The molecular formula is C31H28O11. The maximum Gasteiger partial charge on any atom is 0.343 e. The first-order valence-corrected chi connectivity index (χ1v) is 12.8. The lowest BCUT2D eigenvalue weighted by molar-refractivity contribution is -0.143. The molecule has 0 aromatic heterocycles. The monoisotopic (exact) mass is 576 g/mol. The van der Waals surface area contributed by atoms with Crippen LogP contribution in [0.5, 0.6) is 40.2 Å². The number of hydrogen-bond acceptors (Lipinski definition) is 11. The zero-order valence-corrected chi connectivity index (χ0v) is 23.6. The second-order valence-corrected chi connectivity index (χ2v) is 9.19. The standard InChI is InChI=1S/C31H28O11/c1-35-21-8-6-7-17(29(21)40-15-25(33)37-3)19-14-24(32)41-20-12-10-18-27(34)23(42-30(18)26(19)20)13-16-9-11-22(36-2)31(39-5)28(16)38-4/h6-13,19H,14-15H2,1-5H3/b23-13-/t19-/m1/s1. The number of ketones is 1. The zero-order valence-electron chi connectivity index (χ0n) is 23.6. The summed E-state index contributed by atoms with van der Waals surface area (Å²) in [6.45, 7) is -0.379. The molecule has 2 heterocycles. The van der Waals surface area contributed by atoms with E-state index in [1.165, 1.54) is 35.5 Å². The molecule has 0 fully saturated rings. The predicted octanol–water partition coefficient (Wildman–Crippen LogP) is 4.33. The Bertz CT molecular complexity index is 1600. The Hall–Kier alpha value is -5.19. The average Bonchev–Trinajstić information content (AvgIpc) is 3.33. The van der Waals surface area contributed by atoms with Gasteiger partial charge >= 0.3 is 11.9 Å². The Balaban J connectivity index is 1.61. The van der Waals surface area contributed by atoms with Gasteiger partial charge in [0.1, 0.15) is 11.5 Å². The number of allylic oxidation sites excluding steroid dienone is 1. The molecule has 0 bridgehead atoms. The molecule has 0 aliphatic carbocycles. The number of Topliss-reactive ketones (excluding diaryl/α,β-unsaturated/α-hetero) is 1. The van der Waals surface area contributed by atoms with Crippen molar-refractivity contribution < 1.29 is 52.3 Å². The van der Waals surface area contributed by atoms with E-state index in [9.17, 15) is 14.4 Å². The fraction of sp³-hybridized carbons (Fsp3) is 0.258. The number of rotatable bonds is 9. The van der Waals surface area contributed by atoms with Gasteiger partial charge in [0.15, 0.2) is 35.4 Å². The van der Waals surface area contributed by atoms with E-state index in [4.69, 9.17) is 37.9 Å². The van der Waals surface area contributed by atoms with Gasteiger partial charge in [0, 0.05) is 22.6 Å². The first kappa shape index (κ1) is 28.3. The highest BCUT2D eigenvalue weighted by Crippen LogP contribution is 2.52. The number of carbonyl (C=O) groups is 3. The van der Waals surface area contributed by atoms with Gasteiger partial charge in [-0.3, -0.25) is 9.59 Å². The molecule has 3 aromatic carbocycles. The smallest absolute Gasteiger partial charge is 0.343 e. The van der Waals surface area contributed by atoms with Crippen LogP contribution in [0, 0.1) is 0 Å². The van der Waals surface area contributed by atoms with Gasteiger partial charge in [0.05, 0.1) is 47.5 Å². The third kappa shape index (κ3) is 4.93. The molecular weight excluding hydrogens is 548 g/mol. The van der Waals surface area contributed by atoms with Crippen molar-refractivity contribution in [1.29, 1.82) is 0 Å². The van der Waals surface area contributed by atoms with E-state index in [0.717, 1.165) is 0 Å². The largest absolute Gasteiger partial charge is 0.493 e. The van der Waals surface area contributed by atoms with Gasteiger partial charge in [0.25, 0.3) is 0 Å². The summed E-state index contributed by atoms with van der Waals surface area (Å²) in [7, 11) is 7.19. The summed E-state index contributed by atoms with van der Waals surface area (Å²) in [6, 6.07) is 11.7. The van der Waals surface area contributed by atoms with E-state index < -0.39 is 17.9 Å². The van der Waals surface area contributed by atoms with Gasteiger partial charge < -0.3 is 37.9 Å². The van der Waals surface area contributed by atoms with Crippen molar-refractivity contribution in [2.75, 3.05) is 42.2 Å². The van der Waals surface area contributed by atoms with Crippen LogP contribution in [0.25, 0.3) is 6.08 Å². The van der Waals surface area contributed by atoms with E-state index in [1.807, 2.05) is 0 Å². The van der Waals surface area contributed by atoms with Gasteiger partial charge in [0.2, 0.25) is 11.5 Å². The third-order valence-electron chi connectivity index (χ3n) is 6.97. The van der Waals surface area contributed by atoms with Crippen molar-refractivity contribution in [1.82, 2.24) is 0 Å². The quantitative estimate of drug-likeness (QED) is 0.205. The summed E-state index contributed by atoms with van der Waals surface area (Å²) in [5.41, 5.74) is 1.84. The summed E-state index contributed by atoms with van der Waals surface area (Å²) in [5, 5.41) is 0. The van der Waals surface area contributed by atoms with Gasteiger partial charge in [-0.25, -0.2) is 4.79 Å². The molecule has 0 N–H and O–H groups in total. The Kier molecular flexibility index (Phi) is 7.92. The lowest BCUT2D eigenvalue weighted by Crippen LogP contribution is -2.22. The van der Waals surface area contributed by atoms with Gasteiger partial charge in [-0.15, -0.1) is 0 Å². The van der Waals surface area contributed by atoms with Crippen molar-refractivity contribution in [3.63, 3.8) is 0 Å². The van der Waals surface area contributed by atoms with Gasteiger partial charge in [-0.05, 0) is 36.4 Å². The van der Waals surface area contributed by atoms with Crippen LogP contribution in [0.4, 0.5) is 0 Å². The molecule has 0 saturated heterocycles. The summed E-state index contributed by atoms with van der Waals surface area (Å²) in [5.74, 6) is 0.217. The van der Waals surface area contributed by atoms with Crippen LogP contribution >= 0.6 is 0 Å². The van der Waals surface area contributed by atoms with Crippen molar-refractivity contribution >= 4 is 23.8 Å². The average molecular weight is 577 g/mol. The van der Waals surface area contributed by atoms with Crippen molar-refractivity contribution in [3.8, 4) is 40.2 Å². The highest BCUT2D eigenvalue weighted by atomic mass is 16.6. The number of para-hydroxylation sites is 1.